The number of rotatable bonds is 10. The van der Waals surface area contributed by atoms with Crippen LogP contribution in [0.15, 0.2) is 66.7 Å². The van der Waals surface area contributed by atoms with Crippen LogP contribution in [-0.4, -0.2) is 39.0 Å². The van der Waals surface area contributed by atoms with Gasteiger partial charge in [-0.05, 0) is 42.0 Å². The molecule has 30 heavy (non-hydrogen) atoms. The van der Waals surface area contributed by atoms with Crippen LogP contribution in [0.25, 0.3) is 10.8 Å². The van der Waals surface area contributed by atoms with E-state index in [0.29, 0.717) is 18.1 Å². The number of aryl methyl sites for hydroxylation is 1. The van der Waals surface area contributed by atoms with Gasteiger partial charge in [0.05, 0.1) is 6.10 Å². The van der Waals surface area contributed by atoms with Crippen molar-refractivity contribution >= 4 is 16.7 Å². The first-order valence-corrected chi connectivity index (χ1v) is 10.0. The van der Waals surface area contributed by atoms with Crippen molar-refractivity contribution in [2.45, 2.75) is 32.0 Å². The van der Waals surface area contributed by atoms with E-state index in [1.54, 1.807) is 20.3 Å². The molecule has 3 aromatic carbocycles. The molecule has 5 nitrogen and oxygen atoms in total. The Morgan fingerprint density at radius 2 is 1.67 bits per heavy atom. The van der Waals surface area contributed by atoms with Crippen LogP contribution < -0.4 is 9.47 Å². The Kier molecular flexibility index (Phi) is 7.82. The normalized spacial score (nSPS) is 13.0. The van der Waals surface area contributed by atoms with E-state index in [0.717, 1.165) is 23.6 Å². The van der Waals surface area contributed by atoms with E-state index >= 15 is 0 Å². The average molecular weight is 408 g/mol. The van der Waals surface area contributed by atoms with Gasteiger partial charge < -0.3 is 18.9 Å². The third-order valence-corrected chi connectivity index (χ3v) is 5.06. The van der Waals surface area contributed by atoms with Crippen molar-refractivity contribution in [3.8, 4) is 11.5 Å². The molecule has 0 heterocycles. The lowest BCUT2D eigenvalue weighted by Gasteiger charge is -2.25. The predicted molar refractivity (Wildman–Crippen MR) is 117 cm³/mol. The summed E-state index contributed by atoms with van der Waals surface area (Å²) in [5.74, 6) is 0.850. The number of esters is 1. The largest absolute Gasteiger partial charge is 0.491 e. The van der Waals surface area contributed by atoms with Gasteiger partial charge in [-0.25, -0.2) is 0 Å². The highest BCUT2D eigenvalue weighted by molar-refractivity contribution is 5.91. The van der Waals surface area contributed by atoms with Crippen molar-refractivity contribution in [2.75, 3.05) is 20.8 Å². The number of fused-ring (bicyclic) bond motifs is 1. The van der Waals surface area contributed by atoms with Gasteiger partial charge >= 0.3 is 5.97 Å². The second-order valence-corrected chi connectivity index (χ2v) is 7.12. The molecule has 0 aliphatic rings. The van der Waals surface area contributed by atoms with Crippen LogP contribution in [0.1, 0.15) is 18.9 Å². The van der Waals surface area contributed by atoms with Crippen LogP contribution in [0.3, 0.4) is 0 Å². The van der Waals surface area contributed by atoms with Crippen LogP contribution in [-0.2, 0) is 20.7 Å². The predicted octanol–water partition coefficient (Wildman–Crippen LogP) is 4.81. The monoisotopic (exact) mass is 408 g/mol. The van der Waals surface area contributed by atoms with Crippen LogP contribution in [0.4, 0.5) is 0 Å². The molecule has 0 saturated heterocycles. The third kappa shape index (κ3) is 5.81. The first-order chi connectivity index (χ1) is 14.6. The quantitative estimate of drug-likeness (QED) is 0.356. The Hall–Kier alpha value is -2.89. The molecule has 0 aromatic heterocycles. The molecular weight excluding hydrogens is 380 g/mol. The van der Waals surface area contributed by atoms with Gasteiger partial charge in [-0.3, -0.25) is 4.79 Å². The summed E-state index contributed by atoms with van der Waals surface area (Å²) in [5.41, 5.74) is 1.27. The zero-order valence-corrected chi connectivity index (χ0v) is 17.7. The minimum absolute atomic E-state index is 0.0905. The minimum Gasteiger partial charge on any atom is -0.491 e. The topological polar surface area (TPSA) is 54.0 Å². The van der Waals surface area contributed by atoms with Crippen LogP contribution in [0.2, 0.25) is 0 Å². The summed E-state index contributed by atoms with van der Waals surface area (Å²) >= 11 is 0. The van der Waals surface area contributed by atoms with E-state index < -0.39 is 0 Å². The van der Waals surface area contributed by atoms with Crippen molar-refractivity contribution in [3.05, 3.63) is 72.3 Å². The van der Waals surface area contributed by atoms with Gasteiger partial charge in [0.2, 0.25) is 0 Å². The maximum Gasteiger partial charge on any atom is 0.308 e. The van der Waals surface area contributed by atoms with Crippen molar-refractivity contribution in [2.24, 2.45) is 0 Å². The van der Waals surface area contributed by atoms with Crippen LogP contribution >= 0.6 is 0 Å². The lowest BCUT2D eigenvalue weighted by molar-refractivity contribution is -0.131. The summed E-state index contributed by atoms with van der Waals surface area (Å²) in [6.07, 6.45) is 1.43. The zero-order valence-electron chi connectivity index (χ0n) is 17.7. The maximum absolute atomic E-state index is 11.4. The molecule has 5 heteroatoms. The molecule has 0 spiro atoms. The second-order valence-electron chi connectivity index (χ2n) is 7.12. The van der Waals surface area contributed by atoms with E-state index in [4.69, 9.17) is 18.9 Å². The van der Waals surface area contributed by atoms with Crippen molar-refractivity contribution in [1.82, 2.24) is 0 Å². The lowest BCUT2D eigenvalue weighted by Crippen LogP contribution is -2.35. The minimum atomic E-state index is -0.352. The van der Waals surface area contributed by atoms with E-state index in [9.17, 15) is 4.79 Å². The fourth-order valence-corrected chi connectivity index (χ4v) is 3.47. The molecule has 0 bridgehead atoms. The van der Waals surface area contributed by atoms with E-state index in [-0.39, 0.29) is 18.2 Å². The SMILES string of the molecule is COC(CCc1ccccc1)C(COc1ccc2cccc(OC(C)=O)c2c1)OC. The molecule has 0 amide bonds. The van der Waals surface area contributed by atoms with Crippen molar-refractivity contribution < 1.29 is 23.7 Å². The fraction of sp³-hybridized carbons (Fsp3) is 0.320. The van der Waals surface area contributed by atoms with Crippen molar-refractivity contribution in [1.29, 1.82) is 0 Å². The standard InChI is InChI=1S/C25H28O5/c1-18(26)30-23-11-7-10-20-13-14-21(16-22(20)23)29-17-25(28-3)24(27-2)15-12-19-8-5-4-6-9-19/h4-11,13-14,16,24-25H,12,15,17H2,1-3H3. The van der Waals surface area contributed by atoms with Gasteiger partial charge in [-0.15, -0.1) is 0 Å². The first kappa shape index (κ1) is 21.8. The maximum atomic E-state index is 11.4. The fourth-order valence-electron chi connectivity index (χ4n) is 3.47. The van der Waals surface area contributed by atoms with Crippen LogP contribution in [0, 0.1) is 0 Å². The number of ether oxygens (including phenoxy) is 4. The molecule has 0 radical (unpaired) electrons. The van der Waals surface area contributed by atoms with Gasteiger partial charge in [0.15, 0.2) is 0 Å². The number of carbonyl (C=O) groups is 1. The van der Waals surface area contributed by atoms with Gasteiger partial charge in [0, 0.05) is 26.5 Å². The van der Waals surface area contributed by atoms with E-state index in [1.165, 1.54) is 12.5 Å². The van der Waals surface area contributed by atoms with Gasteiger partial charge in [-0.2, -0.15) is 0 Å². The number of benzene rings is 3. The summed E-state index contributed by atoms with van der Waals surface area (Å²) in [5, 5.41) is 1.80. The highest BCUT2D eigenvalue weighted by Crippen LogP contribution is 2.29. The van der Waals surface area contributed by atoms with Gasteiger partial charge in [0.1, 0.15) is 24.2 Å². The molecule has 158 valence electrons. The number of carbonyl (C=O) groups excluding carboxylic acids is 1. The Morgan fingerprint density at radius 3 is 2.37 bits per heavy atom. The third-order valence-electron chi connectivity index (χ3n) is 5.06. The van der Waals surface area contributed by atoms with E-state index in [2.05, 4.69) is 12.1 Å². The summed E-state index contributed by atoms with van der Waals surface area (Å²) in [7, 11) is 3.37. The molecule has 3 rings (SSSR count). The molecular formula is C25H28O5. The van der Waals surface area contributed by atoms with E-state index in [1.807, 2.05) is 48.5 Å². The average Bonchev–Trinajstić information content (AvgIpc) is 2.76. The first-order valence-electron chi connectivity index (χ1n) is 10.0. The van der Waals surface area contributed by atoms with Crippen LogP contribution in [0.5, 0.6) is 11.5 Å². The van der Waals surface area contributed by atoms with Gasteiger partial charge in [0.25, 0.3) is 0 Å². The van der Waals surface area contributed by atoms with Gasteiger partial charge in [-0.1, -0.05) is 48.5 Å². The zero-order chi connectivity index (χ0) is 21.3. The Bertz CT molecular complexity index is 954. The summed E-state index contributed by atoms with van der Waals surface area (Å²) < 4.78 is 22.7. The summed E-state index contributed by atoms with van der Waals surface area (Å²) in [4.78, 5) is 11.4. The Balaban J connectivity index is 1.67. The van der Waals surface area contributed by atoms with Crippen molar-refractivity contribution in [3.63, 3.8) is 0 Å². The summed E-state index contributed by atoms with van der Waals surface area (Å²) in [6, 6.07) is 21.6. The smallest absolute Gasteiger partial charge is 0.308 e. The molecule has 2 unspecified atom stereocenters. The lowest BCUT2D eigenvalue weighted by atomic mass is 10.0. The summed E-state index contributed by atoms with van der Waals surface area (Å²) in [6.45, 7) is 1.74. The number of methoxy groups -OCH3 is 2. The Morgan fingerprint density at radius 1 is 0.900 bits per heavy atom. The highest BCUT2D eigenvalue weighted by Gasteiger charge is 2.22. The molecule has 0 fully saturated rings. The number of hydrogen-bond donors (Lipinski definition) is 0. The highest BCUT2D eigenvalue weighted by atomic mass is 16.6. The molecule has 3 aromatic rings. The molecule has 0 aliphatic carbocycles. The Labute approximate surface area is 177 Å². The molecule has 0 saturated carbocycles. The molecule has 0 N–H and O–H groups in total. The molecule has 0 aliphatic heterocycles. The second kappa shape index (κ2) is 10.8. The molecule has 2 atom stereocenters. The number of hydrogen-bond acceptors (Lipinski definition) is 5.